The monoisotopic (exact) mass is 397 g/mol. The highest BCUT2D eigenvalue weighted by Crippen LogP contribution is 2.34. The molecule has 146 valence electrons. The number of para-hydroxylation sites is 1. The van der Waals surface area contributed by atoms with Crippen molar-refractivity contribution in [2.75, 3.05) is 31.1 Å². The van der Waals surface area contributed by atoms with E-state index in [4.69, 9.17) is 9.72 Å². The number of ketones is 1. The van der Waals surface area contributed by atoms with Gasteiger partial charge in [0, 0.05) is 26.2 Å². The number of benzene rings is 1. The minimum atomic E-state index is -0.182. The number of carbonyl (C=O) groups is 2. The highest BCUT2D eigenvalue weighted by molar-refractivity contribution is 7.22. The largest absolute Gasteiger partial charge is 0.496 e. The number of rotatable bonds is 2. The molecule has 0 radical (unpaired) electrons. The summed E-state index contributed by atoms with van der Waals surface area (Å²) >= 11 is 1.68. The smallest absolute Gasteiger partial charge is 0.260 e. The topological polar surface area (TPSA) is 62.7 Å². The molecule has 2 atom stereocenters. The van der Waals surface area contributed by atoms with E-state index in [1.54, 1.807) is 16.2 Å². The van der Waals surface area contributed by atoms with Gasteiger partial charge in [0.2, 0.25) is 0 Å². The molecule has 1 aromatic carbocycles. The second kappa shape index (κ2) is 7.20. The van der Waals surface area contributed by atoms with Gasteiger partial charge in [-0.3, -0.25) is 9.59 Å². The fraction of sp³-hybridized carbons (Fsp3) is 0.476. The van der Waals surface area contributed by atoms with Crippen LogP contribution in [0.1, 0.15) is 25.7 Å². The maximum atomic E-state index is 12.9. The first kappa shape index (κ1) is 17.7. The Bertz CT molecular complexity index is 912. The molecule has 28 heavy (non-hydrogen) atoms. The second-order valence-corrected chi connectivity index (χ2v) is 8.71. The standard InChI is InChI=1S/C21H23N3O3S/c25-19-14-5-1-3-7-17(14)27-13-15(19)20(26)23-9-11-24(12-10-23)21-22-16-6-2-4-8-18(16)28-21/h2,4,6,8,13-14,17H,1,3,5,7,9-12H2. The third-order valence-electron chi connectivity index (χ3n) is 6.02. The van der Waals surface area contributed by atoms with Gasteiger partial charge in [0.05, 0.1) is 22.4 Å². The molecule has 6 nitrogen and oxygen atoms in total. The molecule has 3 aliphatic rings. The number of hydrogen-bond acceptors (Lipinski definition) is 6. The minimum absolute atomic E-state index is 0.0189. The number of ether oxygens (including phenoxy) is 1. The molecule has 2 aromatic rings. The number of anilines is 1. The summed E-state index contributed by atoms with van der Waals surface area (Å²) in [7, 11) is 0. The Morgan fingerprint density at radius 3 is 2.71 bits per heavy atom. The molecule has 1 aliphatic carbocycles. The maximum absolute atomic E-state index is 12.9. The van der Waals surface area contributed by atoms with Crippen LogP contribution < -0.4 is 4.90 Å². The van der Waals surface area contributed by atoms with E-state index >= 15 is 0 Å². The van der Waals surface area contributed by atoms with Crippen molar-refractivity contribution < 1.29 is 14.3 Å². The molecule has 1 amide bonds. The van der Waals surface area contributed by atoms with Crippen molar-refractivity contribution in [2.45, 2.75) is 31.8 Å². The van der Waals surface area contributed by atoms with Crippen LogP contribution in [0.15, 0.2) is 36.1 Å². The summed E-state index contributed by atoms with van der Waals surface area (Å²) in [4.78, 5) is 34.5. The molecule has 2 fully saturated rings. The lowest BCUT2D eigenvalue weighted by Crippen LogP contribution is -2.51. The van der Waals surface area contributed by atoms with Crippen LogP contribution in [-0.2, 0) is 14.3 Å². The Morgan fingerprint density at radius 1 is 1.11 bits per heavy atom. The zero-order chi connectivity index (χ0) is 19.1. The molecule has 0 bridgehead atoms. The van der Waals surface area contributed by atoms with Crippen LogP contribution in [0.5, 0.6) is 0 Å². The first-order chi connectivity index (χ1) is 13.7. The first-order valence-electron chi connectivity index (χ1n) is 10.0. The highest BCUT2D eigenvalue weighted by atomic mass is 32.1. The van der Waals surface area contributed by atoms with Crippen LogP contribution in [0, 0.1) is 5.92 Å². The zero-order valence-electron chi connectivity index (χ0n) is 15.7. The van der Waals surface area contributed by atoms with Gasteiger partial charge in [0.25, 0.3) is 5.91 Å². The molecular weight excluding hydrogens is 374 g/mol. The number of nitrogens with zero attached hydrogens (tertiary/aromatic N) is 3. The number of fused-ring (bicyclic) bond motifs is 2. The van der Waals surface area contributed by atoms with E-state index in [1.165, 1.54) is 11.0 Å². The van der Waals surface area contributed by atoms with E-state index in [0.29, 0.717) is 13.1 Å². The van der Waals surface area contributed by atoms with Crippen LogP contribution in [-0.4, -0.2) is 53.9 Å². The Labute approximate surface area is 167 Å². The van der Waals surface area contributed by atoms with Crippen molar-refractivity contribution in [3.05, 3.63) is 36.1 Å². The Kier molecular flexibility index (Phi) is 4.55. The number of aromatic nitrogens is 1. The van der Waals surface area contributed by atoms with Crippen molar-refractivity contribution in [1.29, 1.82) is 0 Å². The molecule has 3 heterocycles. The number of piperazine rings is 1. The molecule has 7 heteroatoms. The number of Topliss-reactive ketones (excluding diaryl/α,β-unsaturated/α-hetero) is 1. The van der Waals surface area contributed by atoms with Gasteiger partial charge in [-0.2, -0.15) is 0 Å². The molecule has 2 unspecified atom stereocenters. The lowest BCUT2D eigenvalue weighted by Gasteiger charge is -2.37. The molecule has 1 saturated carbocycles. The van der Waals surface area contributed by atoms with E-state index in [9.17, 15) is 9.59 Å². The van der Waals surface area contributed by atoms with Gasteiger partial charge in [-0.05, 0) is 31.4 Å². The summed E-state index contributed by atoms with van der Waals surface area (Å²) in [6, 6.07) is 8.12. The minimum Gasteiger partial charge on any atom is -0.496 e. The molecule has 0 spiro atoms. The fourth-order valence-corrected chi connectivity index (χ4v) is 5.41. The molecule has 5 rings (SSSR count). The number of thiazole rings is 1. The van der Waals surface area contributed by atoms with E-state index in [1.807, 2.05) is 18.2 Å². The third-order valence-corrected chi connectivity index (χ3v) is 7.11. The van der Waals surface area contributed by atoms with Crippen LogP contribution in [0.2, 0.25) is 0 Å². The van der Waals surface area contributed by atoms with Gasteiger partial charge in [0.15, 0.2) is 10.9 Å². The van der Waals surface area contributed by atoms with Crippen LogP contribution in [0.3, 0.4) is 0 Å². The summed E-state index contributed by atoms with van der Waals surface area (Å²) in [5.74, 6) is -0.339. The Morgan fingerprint density at radius 2 is 1.89 bits per heavy atom. The van der Waals surface area contributed by atoms with Crippen molar-refractivity contribution in [1.82, 2.24) is 9.88 Å². The predicted molar refractivity (Wildman–Crippen MR) is 108 cm³/mol. The van der Waals surface area contributed by atoms with Gasteiger partial charge in [-0.15, -0.1) is 0 Å². The number of amides is 1. The molecule has 1 saturated heterocycles. The second-order valence-electron chi connectivity index (χ2n) is 7.70. The van der Waals surface area contributed by atoms with Gasteiger partial charge in [-0.1, -0.05) is 29.9 Å². The summed E-state index contributed by atoms with van der Waals surface area (Å²) in [6.45, 7) is 2.63. The fourth-order valence-electron chi connectivity index (χ4n) is 4.40. The number of hydrogen-bond donors (Lipinski definition) is 0. The summed E-state index contributed by atoms with van der Waals surface area (Å²) in [6.07, 6.45) is 5.28. The maximum Gasteiger partial charge on any atom is 0.260 e. The summed E-state index contributed by atoms with van der Waals surface area (Å²) in [5, 5.41) is 0.995. The van der Waals surface area contributed by atoms with E-state index < -0.39 is 0 Å². The van der Waals surface area contributed by atoms with Crippen molar-refractivity contribution in [3.8, 4) is 0 Å². The van der Waals surface area contributed by atoms with E-state index in [2.05, 4.69) is 11.0 Å². The molecule has 0 N–H and O–H groups in total. The predicted octanol–water partition coefficient (Wildman–Crippen LogP) is 2.99. The summed E-state index contributed by atoms with van der Waals surface area (Å²) in [5.41, 5.74) is 1.25. The first-order valence-corrected chi connectivity index (χ1v) is 10.8. The van der Waals surface area contributed by atoms with Gasteiger partial charge in [-0.25, -0.2) is 4.98 Å². The third kappa shape index (κ3) is 3.07. The molecule has 1 aromatic heterocycles. The van der Waals surface area contributed by atoms with Crippen molar-refractivity contribution in [2.24, 2.45) is 5.92 Å². The zero-order valence-corrected chi connectivity index (χ0v) is 16.5. The molecule has 2 aliphatic heterocycles. The van der Waals surface area contributed by atoms with Crippen LogP contribution in [0.25, 0.3) is 10.2 Å². The van der Waals surface area contributed by atoms with Crippen LogP contribution >= 0.6 is 11.3 Å². The van der Waals surface area contributed by atoms with Crippen molar-refractivity contribution in [3.63, 3.8) is 0 Å². The van der Waals surface area contributed by atoms with Gasteiger partial charge >= 0.3 is 0 Å². The lowest BCUT2D eigenvalue weighted by molar-refractivity contribution is -0.135. The van der Waals surface area contributed by atoms with E-state index in [0.717, 1.165) is 49.4 Å². The van der Waals surface area contributed by atoms with E-state index in [-0.39, 0.29) is 29.3 Å². The normalized spacial score (nSPS) is 25.3. The van der Waals surface area contributed by atoms with Gasteiger partial charge in [0.1, 0.15) is 11.7 Å². The Hall–Kier alpha value is -2.41. The SMILES string of the molecule is O=C1C(C(=O)N2CCN(c3nc4ccccc4s3)CC2)=COC2CCCCC12. The highest BCUT2D eigenvalue weighted by Gasteiger charge is 2.40. The average molecular weight is 398 g/mol. The number of carbonyl (C=O) groups excluding carboxylic acids is 2. The van der Waals surface area contributed by atoms with Gasteiger partial charge < -0.3 is 14.5 Å². The Balaban J connectivity index is 1.25. The van der Waals surface area contributed by atoms with Crippen molar-refractivity contribution >= 4 is 38.4 Å². The molecular formula is C21H23N3O3S. The lowest BCUT2D eigenvalue weighted by atomic mass is 9.80. The quantitative estimate of drug-likeness (QED) is 0.729. The summed E-state index contributed by atoms with van der Waals surface area (Å²) < 4.78 is 6.93. The average Bonchev–Trinajstić information content (AvgIpc) is 3.18. The van der Waals surface area contributed by atoms with Crippen LogP contribution in [0.4, 0.5) is 5.13 Å².